The Kier molecular flexibility index (Phi) is 3.10. The quantitative estimate of drug-likeness (QED) is 0.854. The van der Waals surface area contributed by atoms with E-state index in [2.05, 4.69) is 5.32 Å². The number of amides is 1. The van der Waals surface area contributed by atoms with E-state index in [-0.39, 0.29) is 10.8 Å². The molecule has 1 saturated heterocycles. The van der Waals surface area contributed by atoms with E-state index >= 15 is 0 Å². The number of carbonyl (C=O) groups is 1. The van der Waals surface area contributed by atoms with Gasteiger partial charge < -0.3 is 9.88 Å². The topological polar surface area (TPSA) is 71.4 Å². The summed E-state index contributed by atoms with van der Waals surface area (Å²) in [6.07, 6.45) is 4.23. The molecule has 0 unspecified atom stereocenters. The minimum absolute atomic E-state index is 0.194. The van der Waals surface area contributed by atoms with Crippen LogP contribution in [0.25, 0.3) is 0 Å². The summed E-state index contributed by atoms with van der Waals surface area (Å²) in [5.74, 6) is -0.194. The van der Waals surface area contributed by atoms with E-state index in [1.165, 1.54) is 10.4 Å². The molecule has 3 rings (SSSR count). The second-order valence-corrected chi connectivity index (χ2v) is 6.91. The smallest absolute Gasteiger partial charge is 0.267 e. The van der Waals surface area contributed by atoms with Crippen molar-refractivity contribution in [2.24, 2.45) is 0 Å². The number of nitrogens with zero attached hydrogens (tertiary/aromatic N) is 2. The molecule has 0 aliphatic carbocycles. The van der Waals surface area contributed by atoms with Gasteiger partial charge in [-0.2, -0.15) is 4.31 Å². The van der Waals surface area contributed by atoms with Gasteiger partial charge in [0.15, 0.2) is 0 Å². The predicted molar refractivity (Wildman–Crippen MR) is 69.4 cm³/mol. The summed E-state index contributed by atoms with van der Waals surface area (Å²) >= 11 is 0. The number of aryl methyl sites for hydroxylation is 1. The Morgan fingerprint density at radius 1 is 1.11 bits per heavy atom. The Morgan fingerprint density at radius 2 is 1.84 bits per heavy atom. The minimum Gasteiger partial charge on any atom is -0.351 e. The normalized spacial score (nSPS) is 20.9. The van der Waals surface area contributed by atoms with Crippen LogP contribution >= 0.6 is 0 Å². The monoisotopic (exact) mass is 283 g/mol. The molecule has 1 amide bonds. The summed E-state index contributed by atoms with van der Waals surface area (Å²) in [5.41, 5.74) is 0.440. The third-order valence-corrected chi connectivity index (χ3v) is 5.53. The number of carbonyl (C=O) groups excluding carboxylic acids is 1. The Balaban J connectivity index is 1.98. The maximum Gasteiger partial charge on any atom is 0.267 e. The molecule has 2 aliphatic rings. The average Bonchev–Trinajstić information content (AvgIpc) is 3.01. The first-order chi connectivity index (χ1) is 9.09. The van der Waals surface area contributed by atoms with Gasteiger partial charge in [0.1, 0.15) is 10.6 Å². The lowest BCUT2D eigenvalue weighted by molar-refractivity contribution is 0.0951. The molecular formula is C12H17N3O3S. The zero-order chi connectivity index (χ0) is 13.5. The molecule has 1 N–H and O–H groups in total. The van der Waals surface area contributed by atoms with Crippen LogP contribution in [0.1, 0.15) is 29.8 Å². The molecule has 0 atom stereocenters. The molecule has 1 aromatic heterocycles. The van der Waals surface area contributed by atoms with Crippen LogP contribution in [0.5, 0.6) is 0 Å². The molecule has 0 saturated carbocycles. The van der Waals surface area contributed by atoms with Gasteiger partial charge in [-0.3, -0.25) is 4.79 Å². The predicted octanol–water partition coefficient (Wildman–Crippen LogP) is 0.406. The van der Waals surface area contributed by atoms with Gasteiger partial charge in [0.2, 0.25) is 10.0 Å². The number of fused-ring (bicyclic) bond motifs is 1. The van der Waals surface area contributed by atoms with E-state index in [0.717, 1.165) is 19.3 Å². The number of rotatable bonds is 2. The molecular weight excluding hydrogens is 266 g/mol. The SMILES string of the molecule is O=C1NCCCn2cc(S(=O)(=O)N3CCCC3)cc21. The fourth-order valence-electron chi connectivity index (χ4n) is 2.62. The third kappa shape index (κ3) is 2.17. The van der Waals surface area contributed by atoms with E-state index in [1.54, 1.807) is 10.8 Å². The van der Waals surface area contributed by atoms with Crippen LogP contribution in [0.2, 0.25) is 0 Å². The highest BCUT2D eigenvalue weighted by Gasteiger charge is 2.30. The van der Waals surface area contributed by atoms with Crippen LogP contribution in [0.15, 0.2) is 17.2 Å². The van der Waals surface area contributed by atoms with Crippen molar-refractivity contribution in [1.29, 1.82) is 0 Å². The van der Waals surface area contributed by atoms with Crippen molar-refractivity contribution >= 4 is 15.9 Å². The van der Waals surface area contributed by atoms with Crippen molar-refractivity contribution in [2.45, 2.75) is 30.7 Å². The van der Waals surface area contributed by atoms with E-state index in [1.807, 2.05) is 0 Å². The van der Waals surface area contributed by atoms with Gasteiger partial charge in [0, 0.05) is 32.4 Å². The molecule has 1 fully saturated rings. The zero-order valence-corrected chi connectivity index (χ0v) is 11.4. The maximum atomic E-state index is 12.4. The summed E-state index contributed by atoms with van der Waals surface area (Å²) < 4.78 is 28.1. The zero-order valence-electron chi connectivity index (χ0n) is 10.6. The fraction of sp³-hybridized carbons (Fsp3) is 0.583. The van der Waals surface area contributed by atoms with Crippen molar-refractivity contribution in [3.8, 4) is 0 Å². The highest BCUT2D eigenvalue weighted by atomic mass is 32.2. The van der Waals surface area contributed by atoms with Gasteiger partial charge in [-0.25, -0.2) is 8.42 Å². The van der Waals surface area contributed by atoms with E-state index in [4.69, 9.17) is 0 Å². The van der Waals surface area contributed by atoms with Crippen molar-refractivity contribution < 1.29 is 13.2 Å². The van der Waals surface area contributed by atoms with E-state index < -0.39 is 10.0 Å². The lowest BCUT2D eigenvalue weighted by atomic mass is 10.4. The van der Waals surface area contributed by atoms with Gasteiger partial charge in [-0.05, 0) is 25.3 Å². The molecule has 0 bridgehead atoms. The van der Waals surface area contributed by atoms with Crippen LogP contribution in [-0.4, -0.2) is 42.8 Å². The largest absolute Gasteiger partial charge is 0.351 e. The Bertz CT molecular complexity index is 600. The van der Waals surface area contributed by atoms with Crippen molar-refractivity contribution in [2.75, 3.05) is 19.6 Å². The standard InChI is InChI=1S/C12H17N3O3S/c16-12-11-8-10(9-14(11)5-3-4-13-12)19(17,18)15-6-1-2-7-15/h8-9H,1-7H2,(H,13,16). The number of hydrogen-bond acceptors (Lipinski definition) is 3. The van der Waals surface area contributed by atoms with Crippen LogP contribution in [-0.2, 0) is 16.6 Å². The number of aromatic nitrogens is 1. The first-order valence-corrected chi connectivity index (χ1v) is 8.01. The molecule has 1 aromatic rings. The number of nitrogens with one attached hydrogen (secondary N) is 1. The number of hydrogen-bond donors (Lipinski definition) is 1. The Morgan fingerprint density at radius 3 is 2.58 bits per heavy atom. The molecule has 0 aromatic carbocycles. The van der Waals surface area contributed by atoms with Crippen molar-refractivity contribution in [3.63, 3.8) is 0 Å². The van der Waals surface area contributed by atoms with Gasteiger partial charge in [0.25, 0.3) is 5.91 Å². The lowest BCUT2D eigenvalue weighted by Gasteiger charge is -2.13. The average molecular weight is 283 g/mol. The molecule has 3 heterocycles. The lowest BCUT2D eigenvalue weighted by Crippen LogP contribution is -2.27. The fourth-order valence-corrected chi connectivity index (χ4v) is 4.18. The van der Waals surface area contributed by atoms with Crippen LogP contribution < -0.4 is 5.32 Å². The third-order valence-electron chi connectivity index (χ3n) is 3.67. The van der Waals surface area contributed by atoms with Gasteiger partial charge in [0.05, 0.1) is 0 Å². The van der Waals surface area contributed by atoms with Crippen LogP contribution in [0.3, 0.4) is 0 Å². The first-order valence-electron chi connectivity index (χ1n) is 6.57. The summed E-state index contributed by atoms with van der Waals surface area (Å²) in [5, 5.41) is 2.77. The molecule has 6 nitrogen and oxygen atoms in total. The van der Waals surface area contributed by atoms with Crippen LogP contribution in [0, 0.1) is 0 Å². The summed E-state index contributed by atoms with van der Waals surface area (Å²) in [6.45, 7) is 2.46. The van der Waals surface area contributed by atoms with Gasteiger partial charge >= 0.3 is 0 Å². The first kappa shape index (κ1) is 12.7. The Labute approximate surface area is 112 Å². The van der Waals surface area contributed by atoms with Gasteiger partial charge in [-0.15, -0.1) is 0 Å². The molecule has 0 spiro atoms. The van der Waals surface area contributed by atoms with Gasteiger partial charge in [-0.1, -0.05) is 0 Å². The highest BCUT2D eigenvalue weighted by Crippen LogP contribution is 2.23. The van der Waals surface area contributed by atoms with Crippen molar-refractivity contribution in [3.05, 3.63) is 18.0 Å². The molecule has 7 heteroatoms. The summed E-state index contributed by atoms with van der Waals surface area (Å²) in [6, 6.07) is 1.49. The molecule has 104 valence electrons. The highest BCUT2D eigenvalue weighted by molar-refractivity contribution is 7.89. The minimum atomic E-state index is -3.44. The second-order valence-electron chi connectivity index (χ2n) is 4.98. The van der Waals surface area contributed by atoms with Crippen molar-refractivity contribution in [1.82, 2.24) is 14.2 Å². The number of sulfonamides is 1. The molecule has 19 heavy (non-hydrogen) atoms. The molecule has 0 radical (unpaired) electrons. The summed E-state index contributed by atoms with van der Waals surface area (Å²) in [7, 11) is -3.44. The second kappa shape index (κ2) is 4.64. The van der Waals surface area contributed by atoms with Crippen LogP contribution in [0.4, 0.5) is 0 Å². The maximum absolute atomic E-state index is 12.4. The van der Waals surface area contributed by atoms with E-state index in [0.29, 0.717) is 31.9 Å². The van der Waals surface area contributed by atoms with E-state index in [9.17, 15) is 13.2 Å². The Hall–Kier alpha value is -1.34. The molecule has 2 aliphatic heterocycles. The summed E-state index contributed by atoms with van der Waals surface area (Å²) in [4.78, 5) is 12.1.